The molecule has 0 amide bonds. The quantitative estimate of drug-likeness (QED) is 0.458. The second kappa shape index (κ2) is 7.54. The molecule has 0 aromatic heterocycles. The molecule has 1 aromatic rings. The summed E-state index contributed by atoms with van der Waals surface area (Å²) in [6, 6.07) is 6.51. The fraction of sp³-hybridized carbons (Fsp3) is 0.550. The minimum absolute atomic E-state index is 0.113. The maximum Gasteiger partial charge on any atom is 0.338 e. The molecule has 0 radical (unpaired) electrons. The zero-order chi connectivity index (χ0) is 17.9. The molecule has 1 fully saturated rings. The van der Waals surface area contributed by atoms with Crippen LogP contribution in [-0.4, -0.2) is 38.1 Å². The molecule has 1 aliphatic rings. The Morgan fingerprint density at radius 3 is 2.54 bits per heavy atom. The first-order valence-electron chi connectivity index (χ1n) is 8.73. The Hall–Kier alpha value is -1.57. The molecule has 130 valence electrons. The zero-order valence-corrected chi connectivity index (χ0v) is 16.8. The van der Waals surface area contributed by atoms with Gasteiger partial charge in [-0.05, 0) is 57.5 Å². The van der Waals surface area contributed by atoms with Gasteiger partial charge in [-0.2, -0.15) is 0 Å². The van der Waals surface area contributed by atoms with Gasteiger partial charge in [0.2, 0.25) is 0 Å². The van der Waals surface area contributed by atoms with E-state index >= 15 is 0 Å². The van der Waals surface area contributed by atoms with Crippen LogP contribution < -0.4 is 0 Å². The Kier molecular flexibility index (Phi) is 5.90. The van der Waals surface area contributed by atoms with Gasteiger partial charge in [-0.1, -0.05) is 25.6 Å². The third-order valence-corrected chi connectivity index (χ3v) is 4.71. The fourth-order valence-electron chi connectivity index (χ4n) is 2.45. The van der Waals surface area contributed by atoms with E-state index in [1.54, 1.807) is 0 Å². The second-order valence-corrected chi connectivity index (χ2v) is 12.7. The first-order valence-corrected chi connectivity index (χ1v) is 12.2. The van der Waals surface area contributed by atoms with Gasteiger partial charge < -0.3 is 4.74 Å². The third kappa shape index (κ3) is 5.81. The van der Waals surface area contributed by atoms with Crippen LogP contribution in [0.15, 0.2) is 18.2 Å². The van der Waals surface area contributed by atoms with Gasteiger partial charge >= 0.3 is 5.97 Å². The molecule has 1 saturated carbocycles. The summed E-state index contributed by atoms with van der Waals surface area (Å²) in [5.41, 5.74) is 6.05. The van der Waals surface area contributed by atoms with Crippen molar-refractivity contribution in [2.75, 3.05) is 7.05 Å². The van der Waals surface area contributed by atoms with Gasteiger partial charge in [0.25, 0.3) is 0 Å². The molecular weight excluding hydrogens is 314 g/mol. The monoisotopic (exact) mass is 343 g/mol. The van der Waals surface area contributed by atoms with Gasteiger partial charge in [-0.3, -0.25) is 4.90 Å². The maximum absolute atomic E-state index is 12.4. The van der Waals surface area contributed by atoms with Crippen molar-refractivity contribution in [2.24, 2.45) is 0 Å². The molecule has 1 aromatic carbocycles. The molecule has 0 heterocycles. The van der Waals surface area contributed by atoms with Crippen molar-refractivity contribution in [3.63, 3.8) is 0 Å². The summed E-state index contributed by atoms with van der Waals surface area (Å²) < 4.78 is 5.40. The lowest BCUT2D eigenvalue weighted by atomic mass is 10.0. The molecule has 0 spiro atoms. The molecule has 4 heteroatoms. The Labute approximate surface area is 147 Å². The lowest BCUT2D eigenvalue weighted by molar-refractivity contribution is 0.0375. The van der Waals surface area contributed by atoms with Gasteiger partial charge in [-0.25, -0.2) is 4.79 Å². The lowest BCUT2D eigenvalue weighted by Crippen LogP contribution is -2.22. The van der Waals surface area contributed by atoms with Gasteiger partial charge in [0.05, 0.1) is 11.7 Å². The Balaban J connectivity index is 2.30. The van der Waals surface area contributed by atoms with Gasteiger partial charge in [0.15, 0.2) is 0 Å². The number of carbonyl (C=O) groups excluding carboxylic acids is 1. The molecular formula is C20H29NO2Si. The van der Waals surface area contributed by atoms with Crippen LogP contribution in [-0.2, 0) is 11.3 Å². The SMILES string of the molecule is CC(C)OC(=O)c1ccc(C#C[Si](C)(C)C)cc1CN(C)C1CC1. The number of hydrogen-bond acceptors (Lipinski definition) is 3. The smallest absolute Gasteiger partial charge is 0.338 e. The van der Waals surface area contributed by atoms with Crippen molar-refractivity contribution in [1.82, 2.24) is 4.90 Å². The van der Waals surface area contributed by atoms with Crippen LogP contribution in [0.2, 0.25) is 19.6 Å². The van der Waals surface area contributed by atoms with Crippen LogP contribution in [0.1, 0.15) is 48.2 Å². The second-order valence-electron chi connectivity index (χ2n) is 7.97. The summed E-state index contributed by atoms with van der Waals surface area (Å²) in [7, 11) is 0.703. The zero-order valence-electron chi connectivity index (χ0n) is 15.8. The normalized spacial score (nSPS) is 14.5. The Bertz CT molecular complexity index is 660. The van der Waals surface area contributed by atoms with E-state index in [4.69, 9.17) is 4.74 Å². The summed E-state index contributed by atoms with van der Waals surface area (Å²) in [5, 5.41) is 0. The number of ether oxygens (including phenoxy) is 1. The maximum atomic E-state index is 12.4. The summed E-state index contributed by atoms with van der Waals surface area (Å²) >= 11 is 0. The van der Waals surface area contributed by atoms with E-state index in [-0.39, 0.29) is 12.1 Å². The topological polar surface area (TPSA) is 29.5 Å². The molecule has 2 rings (SSSR count). The molecule has 24 heavy (non-hydrogen) atoms. The largest absolute Gasteiger partial charge is 0.459 e. The standard InChI is InChI=1S/C20H29NO2Si/c1-15(2)23-20(22)19-10-7-16(11-12-24(4,5)6)13-17(19)14-21(3)18-8-9-18/h7,10,13,15,18H,8-9,14H2,1-6H3. The number of benzene rings is 1. The lowest BCUT2D eigenvalue weighted by Gasteiger charge is -2.19. The highest BCUT2D eigenvalue weighted by Crippen LogP contribution is 2.27. The van der Waals surface area contributed by atoms with Crippen LogP contribution in [0, 0.1) is 11.5 Å². The van der Waals surface area contributed by atoms with Gasteiger partial charge in [0.1, 0.15) is 8.07 Å². The molecule has 1 aliphatic carbocycles. The first kappa shape index (κ1) is 18.8. The minimum atomic E-state index is -1.42. The third-order valence-electron chi connectivity index (χ3n) is 3.84. The van der Waals surface area contributed by atoms with Crippen LogP contribution in [0.3, 0.4) is 0 Å². The van der Waals surface area contributed by atoms with Gasteiger partial charge in [0, 0.05) is 18.2 Å². The van der Waals surface area contributed by atoms with Crippen LogP contribution in [0.5, 0.6) is 0 Å². The van der Waals surface area contributed by atoms with Crippen molar-refractivity contribution in [3.8, 4) is 11.5 Å². The molecule has 0 aliphatic heterocycles. The van der Waals surface area contributed by atoms with Crippen molar-refractivity contribution in [2.45, 2.75) is 65.0 Å². The molecule has 3 nitrogen and oxygen atoms in total. The summed E-state index contributed by atoms with van der Waals surface area (Å²) in [6.45, 7) is 11.2. The van der Waals surface area contributed by atoms with E-state index in [9.17, 15) is 4.79 Å². The average Bonchev–Trinajstić information content (AvgIpc) is 3.28. The molecule has 0 saturated heterocycles. The minimum Gasteiger partial charge on any atom is -0.459 e. The summed E-state index contributed by atoms with van der Waals surface area (Å²) in [5.74, 6) is 3.05. The highest BCUT2D eigenvalue weighted by Gasteiger charge is 2.27. The first-order chi connectivity index (χ1) is 11.2. The predicted octanol–water partition coefficient (Wildman–Crippen LogP) is 4.07. The Morgan fingerprint density at radius 2 is 2.00 bits per heavy atom. The average molecular weight is 344 g/mol. The fourth-order valence-corrected chi connectivity index (χ4v) is 2.97. The van der Waals surface area contributed by atoms with E-state index in [0.717, 1.165) is 17.7 Å². The van der Waals surface area contributed by atoms with Crippen molar-refractivity contribution in [3.05, 3.63) is 34.9 Å². The number of hydrogen-bond donors (Lipinski definition) is 0. The predicted molar refractivity (Wildman–Crippen MR) is 102 cm³/mol. The highest BCUT2D eigenvalue weighted by atomic mass is 28.3. The van der Waals surface area contributed by atoms with Crippen LogP contribution in [0.4, 0.5) is 0 Å². The number of rotatable bonds is 5. The number of nitrogens with zero attached hydrogens (tertiary/aromatic N) is 1. The molecule has 0 N–H and O–H groups in total. The van der Waals surface area contributed by atoms with Crippen LogP contribution in [0.25, 0.3) is 0 Å². The van der Waals surface area contributed by atoms with E-state index < -0.39 is 8.07 Å². The summed E-state index contributed by atoms with van der Waals surface area (Å²) in [6.07, 6.45) is 2.38. The highest BCUT2D eigenvalue weighted by molar-refractivity contribution is 6.83. The number of esters is 1. The molecule has 0 unspecified atom stereocenters. The Morgan fingerprint density at radius 1 is 1.33 bits per heavy atom. The summed E-state index contributed by atoms with van der Waals surface area (Å²) in [4.78, 5) is 14.7. The van der Waals surface area contributed by atoms with Crippen LogP contribution >= 0.6 is 0 Å². The molecule has 0 bridgehead atoms. The van der Waals surface area contributed by atoms with E-state index in [1.165, 1.54) is 12.8 Å². The van der Waals surface area contributed by atoms with Crippen molar-refractivity contribution in [1.29, 1.82) is 0 Å². The van der Waals surface area contributed by atoms with E-state index in [1.807, 2.05) is 26.0 Å². The number of carbonyl (C=O) groups is 1. The van der Waals surface area contributed by atoms with Gasteiger partial charge in [-0.15, -0.1) is 5.54 Å². The molecule has 0 atom stereocenters. The van der Waals surface area contributed by atoms with E-state index in [2.05, 4.69) is 49.1 Å². The van der Waals surface area contributed by atoms with Crippen molar-refractivity contribution >= 4 is 14.0 Å². The van der Waals surface area contributed by atoms with Crippen molar-refractivity contribution < 1.29 is 9.53 Å². The van der Waals surface area contributed by atoms with E-state index in [0.29, 0.717) is 11.6 Å².